The number of carbonyl (C=O) groups excluding carboxylic acids is 2. The largest absolute Gasteiger partial charge is 0.441 e. The number of nitrogens with one attached hydrogen (secondary N) is 2. The standard InChI is InChI=1S/C18H24N4O3/c1-13-4-6-14(7-5-13)15-12-22-17(25-15)9-8-16(23)20-10-2-3-11-21-18(19)24/h4-7,12H,2-3,8-11H2,1H3,(H,20,23)(H3,19,21,24). The molecule has 1 aromatic heterocycles. The van der Waals surface area contributed by atoms with Crippen LogP contribution < -0.4 is 16.4 Å². The van der Waals surface area contributed by atoms with E-state index in [2.05, 4.69) is 15.6 Å². The van der Waals surface area contributed by atoms with Crippen LogP contribution in [-0.4, -0.2) is 30.0 Å². The van der Waals surface area contributed by atoms with E-state index in [0.717, 1.165) is 18.4 Å². The Morgan fingerprint density at radius 3 is 2.48 bits per heavy atom. The lowest BCUT2D eigenvalue weighted by Gasteiger charge is -2.04. The van der Waals surface area contributed by atoms with Crippen LogP contribution in [-0.2, 0) is 11.2 Å². The Bertz CT molecular complexity index is 695. The topological polar surface area (TPSA) is 110 Å². The van der Waals surface area contributed by atoms with Crippen molar-refractivity contribution in [3.63, 3.8) is 0 Å². The Morgan fingerprint density at radius 1 is 1.12 bits per heavy atom. The molecule has 0 radical (unpaired) electrons. The molecule has 25 heavy (non-hydrogen) atoms. The molecule has 0 saturated heterocycles. The molecule has 2 aromatic rings. The van der Waals surface area contributed by atoms with Gasteiger partial charge in [0.2, 0.25) is 5.91 Å². The van der Waals surface area contributed by atoms with Gasteiger partial charge >= 0.3 is 6.03 Å². The first kappa shape index (κ1) is 18.5. The summed E-state index contributed by atoms with van der Waals surface area (Å²) in [6, 6.07) is 7.48. The molecule has 0 spiro atoms. The summed E-state index contributed by atoms with van der Waals surface area (Å²) in [5.41, 5.74) is 7.12. The van der Waals surface area contributed by atoms with Crippen molar-refractivity contribution < 1.29 is 14.0 Å². The number of benzene rings is 1. The Morgan fingerprint density at radius 2 is 1.80 bits per heavy atom. The van der Waals surface area contributed by atoms with Crippen LogP contribution in [0.4, 0.5) is 4.79 Å². The minimum absolute atomic E-state index is 0.0436. The van der Waals surface area contributed by atoms with E-state index in [1.807, 2.05) is 31.2 Å². The molecule has 0 saturated carbocycles. The Kier molecular flexibility index (Phi) is 7.00. The number of nitrogens with zero attached hydrogens (tertiary/aromatic N) is 1. The van der Waals surface area contributed by atoms with E-state index in [-0.39, 0.29) is 5.91 Å². The van der Waals surface area contributed by atoms with Crippen LogP contribution in [0.25, 0.3) is 11.3 Å². The fourth-order valence-corrected chi connectivity index (χ4v) is 2.28. The van der Waals surface area contributed by atoms with E-state index >= 15 is 0 Å². The van der Waals surface area contributed by atoms with Gasteiger partial charge in [-0.15, -0.1) is 0 Å². The molecule has 0 aliphatic rings. The lowest BCUT2D eigenvalue weighted by molar-refractivity contribution is -0.121. The lowest BCUT2D eigenvalue weighted by Crippen LogP contribution is -2.31. The molecule has 0 aliphatic carbocycles. The molecule has 1 heterocycles. The van der Waals surface area contributed by atoms with Crippen molar-refractivity contribution in [2.24, 2.45) is 5.73 Å². The number of hydrogen-bond acceptors (Lipinski definition) is 4. The highest BCUT2D eigenvalue weighted by molar-refractivity contribution is 5.76. The SMILES string of the molecule is Cc1ccc(-c2cnc(CCC(=O)NCCCCNC(N)=O)o2)cc1. The van der Waals surface area contributed by atoms with E-state index in [1.165, 1.54) is 5.56 Å². The monoisotopic (exact) mass is 344 g/mol. The van der Waals surface area contributed by atoms with Crippen LogP contribution in [0.5, 0.6) is 0 Å². The highest BCUT2D eigenvalue weighted by Crippen LogP contribution is 2.21. The maximum atomic E-state index is 11.8. The third-order valence-electron chi connectivity index (χ3n) is 3.68. The normalized spacial score (nSPS) is 10.4. The molecule has 7 nitrogen and oxygen atoms in total. The summed E-state index contributed by atoms with van der Waals surface area (Å²) in [5.74, 6) is 1.21. The number of amides is 3. The zero-order chi connectivity index (χ0) is 18.1. The molecular formula is C18H24N4O3. The molecule has 0 aliphatic heterocycles. The van der Waals surface area contributed by atoms with Gasteiger partial charge in [-0.25, -0.2) is 9.78 Å². The minimum Gasteiger partial charge on any atom is -0.441 e. The van der Waals surface area contributed by atoms with Gasteiger partial charge in [-0.3, -0.25) is 4.79 Å². The Balaban J connectivity index is 1.66. The number of aryl methyl sites for hydroxylation is 2. The maximum absolute atomic E-state index is 11.8. The molecule has 1 aromatic carbocycles. The first-order chi connectivity index (χ1) is 12.0. The van der Waals surface area contributed by atoms with Gasteiger partial charge in [-0.05, 0) is 19.8 Å². The van der Waals surface area contributed by atoms with Crippen molar-refractivity contribution in [3.05, 3.63) is 41.9 Å². The average molecular weight is 344 g/mol. The number of aromatic nitrogens is 1. The van der Waals surface area contributed by atoms with Gasteiger partial charge in [-0.1, -0.05) is 29.8 Å². The molecule has 0 bridgehead atoms. The van der Waals surface area contributed by atoms with Crippen molar-refractivity contribution in [2.75, 3.05) is 13.1 Å². The highest BCUT2D eigenvalue weighted by Gasteiger charge is 2.08. The summed E-state index contributed by atoms with van der Waals surface area (Å²) in [6.07, 6.45) is 4.02. The molecule has 7 heteroatoms. The third-order valence-corrected chi connectivity index (χ3v) is 3.68. The van der Waals surface area contributed by atoms with Gasteiger partial charge in [-0.2, -0.15) is 0 Å². The summed E-state index contributed by atoms with van der Waals surface area (Å²) in [7, 11) is 0. The zero-order valence-corrected chi connectivity index (χ0v) is 14.4. The van der Waals surface area contributed by atoms with Crippen LogP contribution in [0.1, 0.15) is 30.7 Å². The zero-order valence-electron chi connectivity index (χ0n) is 14.4. The van der Waals surface area contributed by atoms with Crippen molar-refractivity contribution >= 4 is 11.9 Å². The van der Waals surface area contributed by atoms with Crippen LogP contribution in [0, 0.1) is 6.92 Å². The molecule has 134 valence electrons. The smallest absolute Gasteiger partial charge is 0.312 e. The first-order valence-electron chi connectivity index (χ1n) is 8.36. The summed E-state index contributed by atoms with van der Waals surface area (Å²) in [5, 5.41) is 5.34. The number of nitrogens with two attached hydrogens (primary N) is 1. The van der Waals surface area contributed by atoms with E-state index < -0.39 is 6.03 Å². The predicted molar refractivity (Wildman–Crippen MR) is 94.8 cm³/mol. The third kappa shape index (κ3) is 6.66. The first-order valence-corrected chi connectivity index (χ1v) is 8.36. The summed E-state index contributed by atoms with van der Waals surface area (Å²) < 4.78 is 5.70. The number of urea groups is 1. The van der Waals surface area contributed by atoms with Crippen molar-refractivity contribution in [1.29, 1.82) is 0 Å². The maximum Gasteiger partial charge on any atom is 0.312 e. The second-order valence-corrected chi connectivity index (χ2v) is 5.83. The molecule has 0 fully saturated rings. The molecule has 4 N–H and O–H groups in total. The number of hydrogen-bond donors (Lipinski definition) is 3. The van der Waals surface area contributed by atoms with Gasteiger partial charge in [0, 0.05) is 31.5 Å². The van der Waals surface area contributed by atoms with Gasteiger partial charge in [0.05, 0.1) is 6.20 Å². The van der Waals surface area contributed by atoms with Crippen LogP contribution in [0.2, 0.25) is 0 Å². The fourth-order valence-electron chi connectivity index (χ4n) is 2.28. The van der Waals surface area contributed by atoms with Crippen LogP contribution in [0.15, 0.2) is 34.9 Å². The fraction of sp³-hybridized carbons (Fsp3) is 0.389. The van der Waals surface area contributed by atoms with E-state index in [4.69, 9.17) is 10.2 Å². The van der Waals surface area contributed by atoms with Crippen molar-refractivity contribution in [1.82, 2.24) is 15.6 Å². The summed E-state index contributed by atoms with van der Waals surface area (Å²) in [6.45, 7) is 3.12. The summed E-state index contributed by atoms with van der Waals surface area (Å²) >= 11 is 0. The van der Waals surface area contributed by atoms with E-state index in [9.17, 15) is 9.59 Å². The Labute approximate surface area is 147 Å². The lowest BCUT2D eigenvalue weighted by atomic mass is 10.1. The van der Waals surface area contributed by atoms with Crippen LogP contribution >= 0.6 is 0 Å². The number of rotatable bonds is 9. The van der Waals surface area contributed by atoms with Crippen molar-refractivity contribution in [3.8, 4) is 11.3 Å². The van der Waals surface area contributed by atoms with E-state index in [0.29, 0.717) is 37.6 Å². The highest BCUT2D eigenvalue weighted by atomic mass is 16.4. The molecular weight excluding hydrogens is 320 g/mol. The quantitative estimate of drug-likeness (QED) is 0.605. The number of unbranched alkanes of at least 4 members (excludes halogenated alkanes) is 1. The summed E-state index contributed by atoms with van der Waals surface area (Å²) in [4.78, 5) is 26.5. The number of carbonyl (C=O) groups is 2. The van der Waals surface area contributed by atoms with E-state index in [1.54, 1.807) is 6.20 Å². The number of oxazole rings is 1. The van der Waals surface area contributed by atoms with Crippen molar-refractivity contribution in [2.45, 2.75) is 32.6 Å². The second kappa shape index (κ2) is 9.46. The predicted octanol–water partition coefficient (Wildman–Crippen LogP) is 2.15. The Hall–Kier alpha value is -2.83. The van der Waals surface area contributed by atoms with Gasteiger partial charge < -0.3 is 20.8 Å². The van der Waals surface area contributed by atoms with Gasteiger partial charge in [0.1, 0.15) is 0 Å². The van der Waals surface area contributed by atoms with Crippen LogP contribution in [0.3, 0.4) is 0 Å². The number of primary amides is 1. The molecule has 0 unspecified atom stereocenters. The minimum atomic E-state index is -0.528. The average Bonchev–Trinajstić information content (AvgIpc) is 3.05. The molecule has 0 atom stereocenters. The molecule has 3 amide bonds. The van der Waals surface area contributed by atoms with Gasteiger partial charge in [0.15, 0.2) is 11.7 Å². The molecule has 2 rings (SSSR count). The van der Waals surface area contributed by atoms with Gasteiger partial charge in [0.25, 0.3) is 0 Å². The second-order valence-electron chi connectivity index (χ2n) is 5.83.